The molecule has 0 spiro atoms. The van der Waals surface area contributed by atoms with Crippen LogP contribution in [0.4, 0.5) is 5.13 Å². The minimum absolute atomic E-state index is 0.159. The molecule has 0 aliphatic rings. The van der Waals surface area contributed by atoms with E-state index in [1.807, 2.05) is 55.5 Å². The van der Waals surface area contributed by atoms with Crippen molar-refractivity contribution in [3.63, 3.8) is 0 Å². The van der Waals surface area contributed by atoms with Crippen LogP contribution in [-0.2, 0) is 11.3 Å². The average Bonchev–Trinajstić information content (AvgIpc) is 3.25. The number of pyridine rings is 1. The maximum atomic E-state index is 13.2. The molecule has 7 nitrogen and oxygen atoms in total. The van der Waals surface area contributed by atoms with Crippen molar-refractivity contribution in [3.8, 4) is 17.2 Å². The fourth-order valence-corrected chi connectivity index (χ4v) is 4.15. The Morgan fingerprint density at radius 1 is 1.03 bits per heavy atom. The average molecular weight is 450 g/mol. The number of hydrogen-bond donors (Lipinski definition) is 0. The van der Waals surface area contributed by atoms with Crippen molar-refractivity contribution in [2.24, 2.45) is 0 Å². The summed E-state index contributed by atoms with van der Waals surface area (Å²) in [6.45, 7) is 2.65. The molecule has 0 radical (unpaired) electrons. The number of anilines is 1. The van der Waals surface area contributed by atoms with Gasteiger partial charge in [0.1, 0.15) is 5.75 Å². The first-order valence-corrected chi connectivity index (χ1v) is 11.0. The van der Waals surface area contributed by atoms with E-state index in [2.05, 4.69) is 9.97 Å². The highest BCUT2D eigenvalue weighted by Crippen LogP contribution is 2.32. The quantitative estimate of drug-likeness (QED) is 0.368. The van der Waals surface area contributed by atoms with Gasteiger partial charge in [-0.25, -0.2) is 4.98 Å². The fraction of sp³-hybridized carbons (Fsp3) is 0.208. The van der Waals surface area contributed by atoms with Crippen LogP contribution in [0.2, 0.25) is 0 Å². The predicted octanol–water partition coefficient (Wildman–Crippen LogP) is 4.71. The summed E-state index contributed by atoms with van der Waals surface area (Å²) >= 11 is 1.43. The zero-order valence-corrected chi connectivity index (χ0v) is 18.7. The number of rotatable bonds is 9. The molecule has 0 bridgehead atoms. The van der Waals surface area contributed by atoms with Crippen molar-refractivity contribution < 1.29 is 19.0 Å². The minimum Gasteiger partial charge on any atom is -0.494 e. The van der Waals surface area contributed by atoms with Crippen LogP contribution in [0.3, 0.4) is 0 Å². The molecule has 4 rings (SSSR count). The molecule has 2 heterocycles. The molecule has 32 heavy (non-hydrogen) atoms. The van der Waals surface area contributed by atoms with Gasteiger partial charge in [-0.2, -0.15) is 0 Å². The van der Waals surface area contributed by atoms with E-state index in [1.165, 1.54) is 11.3 Å². The van der Waals surface area contributed by atoms with E-state index in [-0.39, 0.29) is 19.1 Å². The van der Waals surface area contributed by atoms with Crippen LogP contribution >= 0.6 is 11.3 Å². The fourth-order valence-electron chi connectivity index (χ4n) is 3.14. The third kappa shape index (κ3) is 4.97. The number of fused-ring (bicyclic) bond motifs is 1. The molecule has 2 aromatic heterocycles. The summed E-state index contributed by atoms with van der Waals surface area (Å²) in [6, 6.07) is 18.6. The smallest absolute Gasteiger partial charge is 0.267 e. The van der Waals surface area contributed by atoms with Crippen molar-refractivity contribution >= 4 is 32.6 Å². The van der Waals surface area contributed by atoms with Gasteiger partial charge in [0.25, 0.3) is 5.91 Å². The number of carbonyl (C=O) groups excluding carboxylic acids is 1. The lowest BCUT2D eigenvalue weighted by Gasteiger charge is -2.20. The second-order valence-corrected chi connectivity index (χ2v) is 7.81. The van der Waals surface area contributed by atoms with Crippen molar-refractivity contribution in [2.75, 3.05) is 25.2 Å². The third-order valence-electron chi connectivity index (χ3n) is 4.66. The van der Waals surface area contributed by atoms with Crippen LogP contribution in [-0.4, -0.2) is 36.2 Å². The van der Waals surface area contributed by atoms with Gasteiger partial charge in [0.05, 0.1) is 36.2 Å². The van der Waals surface area contributed by atoms with E-state index < -0.39 is 0 Å². The Kier molecular flexibility index (Phi) is 6.81. The lowest BCUT2D eigenvalue weighted by Crippen LogP contribution is -2.34. The first kappa shape index (κ1) is 21.6. The molecule has 1 amide bonds. The number of carbonyl (C=O) groups is 1. The molecule has 0 saturated carbocycles. The molecule has 0 N–H and O–H groups in total. The SMILES string of the molecule is CCOc1ccc2nc(N(Cc3ccccn3)C(=O)COc3ccccc3OC)sc2c1. The zero-order chi connectivity index (χ0) is 22.3. The number of benzene rings is 2. The number of methoxy groups -OCH3 is 1. The van der Waals surface area contributed by atoms with E-state index in [9.17, 15) is 4.79 Å². The van der Waals surface area contributed by atoms with Crippen LogP contribution in [0, 0.1) is 0 Å². The first-order chi connectivity index (χ1) is 15.7. The highest BCUT2D eigenvalue weighted by molar-refractivity contribution is 7.22. The minimum atomic E-state index is -0.231. The van der Waals surface area contributed by atoms with Gasteiger partial charge in [-0.05, 0) is 49.4 Å². The molecule has 2 aromatic carbocycles. The van der Waals surface area contributed by atoms with Gasteiger partial charge in [-0.15, -0.1) is 0 Å². The summed E-state index contributed by atoms with van der Waals surface area (Å²) in [6.07, 6.45) is 1.70. The Bertz CT molecular complexity index is 1200. The number of nitrogens with zero attached hydrogens (tertiary/aromatic N) is 3. The highest BCUT2D eigenvalue weighted by Gasteiger charge is 2.22. The maximum Gasteiger partial charge on any atom is 0.267 e. The molecule has 0 aliphatic heterocycles. The molecule has 0 unspecified atom stereocenters. The lowest BCUT2D eigenvalue weighted by molar-refractivity contribution is -0.120. The monoisotopic (exact) mass is 449 g/mol. The normalized spacial score (nSPS) is 10.7. The van der Waals surface area contributed by atoms with Crippen molar-refractivity contribution in [3.05, 3.63) is 72.6 Å². The molecule has 0 saturated heterocycles. The number of aromatic nitrogens is 2. The predicted molar refractivity (Wildman–Crippen MR) is 125 cm³/mol. The summed E-state index contributed by atoms with van der Waals surface area (Å²) < 4.78 is 17.6. The van der Waals surface area contributed by atoms with Crippen molar-refractivity contribution in [2.45, 2.75) is 13.5 Å². The Hall–Kier alpha value is -3.65. The Balaban J connectivity index is 1.61. The number of amides is 1. The molecular formula is C24H23N3O4S. The summed E-state index contributed by atoms with van der Waals surface area (Å²) in [5.41, 5.74) is 1.56. The third-order valence-corrected chi connectivity index (χ3v) is 5.70. The van der Waals surface area contributed by atoms with E-state index in [4.69, 9.17) is 14.2 Å². The molecule has 0 atom stereocenters. The molecule has 8 heteroatoms. The second-order valence-electron chi connectivity index (χ2n) is 6.80. The van der Waals surface area contributed by atoms with Crippen molar-refractivity contribution in [1.82, 2.24) is 9.97 Å². The summed E-state index contributed by atoms with van der Waals surface area (Å²) in [4.78, 5) is 23.9. The number of hydrogen-bond acceptors (Lipinski definition) is 7. The van der Waals surface area contributed by atoms with Crippen LogP contribution in [0.15, 0.2) is 66.9 Å². The number of thiazole rings is 1. The number of ether oxygens (including phenoxy) is 3. The van der Waals surface area contributed by atoms with Gasteiger partial charge in [0, 0.05) is 6.20 Å². The summed E-state index contributed by atoms with van der Waals surface area (Å²) in [5, 5.41) is 0.577. The van der Waals surface area contributed by atoms with Crippen LogP contribution in [0.5, 0.6) is 17.2 Å². The molecule has 4 aromatic rings. The Morgan fingerprint density at radius 2 is 1.84 bits per heavy atom. The van der Waals surface area contributed by atoms with E-state index in [0.29, 0.717) is 23.2 Å². The van der Waals surface area contributed by atoms with Crippen LogP contribution in [0.25, 0.3) is 10.2 Å². The molecule has 0 aliphatic carbocycles. The van der Waals surface area contributed by atoms with Gasteiger partial charge < -0.3 is 14.2 Å². The molecular weight excluding hydrogens is 426 g/mol. The van der Waals surface area contributed by atoms with E-state index >= 15 is 0 Å². The lowest BCUT2D eigenvalue weighted by atomic mass is 10.3. The van der Waals surface area contributed by atoms with Gasteiger partial charge in [-0.3, -0.25) is 14.7 Å². The Labute approximate surface area is 190 Å². The second kappa shape index (κ2) is 10.1. The first-order valence-electron chi connectivity index (χ1n) is 10.2. The van der Waals surface area contributed by atoms with Gasteiger partial charge >= 0.3 is 0 Å². The zero-order valence-electron chi connectivity index (χ0n) is 17.9. The maximum absolute atomic E-state index is 13.2. The molecule has 164 valence electrons. The van der Waals surface area contributed by atoms with Crippen molar-refractivity contribution in [1.29, 1.82) is 0 Å². The van der Waals surface area contributed by atoms with E-state index in [1.54, 1.807) is 30.3 Å². The van der Waals surface area contributed by atoms with Crippen LogP contribution < -0.4 is 19.1 Å². The van der Waals surface area contributed by atoms with Crippen LogP contribution in [0.1, 0.15) is 12.6 Å². The summed E-state index contributed by atoms with van der Waals surface area (Å²) in [7, 11) is 1.56. The molecule has 0 fully saturated rings. The van der Waals surface area contributed by atoms with Gasteiger partial charge in [0.15, 0.2) is 23.2 Å². The standard InChI is InChI=1S/C24H23N3O4S/c1-3-30-18-11-12-19-22(14-18)32-24(26-19)27(15-17-8-6-7-13-25-17)23(28)16-31-21-10-5-4-9-20(21)29-2/h4-14H,3,15-16H2,1-2H3. The largest absolute Gasteiger partial charge is 0.494 e. The van der Waals surface area contributed by atoms with E-state index in [0.717, 1.165) is 21.7 Å². The summed E-state index contributed by atoms with van der Waals surface area (Å²) in [5.74, 6) is 1.62. The number of para-hydroxylation sites is 2. The highest BCUT2D eigenvalue weighted by atomic mass is 32.1. The van der Waals surface area contributed by atoms with Gasteiger partial charge in [0.2, 0.25) is 0 Å². The topological polar surface area (TPSA) is 73.8 Å². The van der Waals surface area contributed by atoms with Gasteiger partial charge in [-0.1, -0.05) is 29.5 Å². The Morgan fingerprint density at radius 3 is 2.59 bits per heavy atom.